The summed E-state index contributed by atoms with van der Waals surface area (Å²) in [6.07, 6.45) is 3.33. The maximum Gasteiger partial charge on any atom is 0.246 e. The number of thiazole rings is 1. The van der Waals surface area contributed by atoms with Gasteiger partial charge in [0.2, 0.25) is 5.91 Å². The number of thiophene rings is 1. The molecule has 0 N–H and O–H groups in total. The van der Waals surface area contributed by atoms with E-state index in [0.717, 1.165) is 10.7 Å². The fourth-order valence-electron chi connectivity index (χ4n) is 1.45. The fraction of sp³-hybridized carbons (Fsp3) is 0.231. The molecule has 0 aliphatic rings. The first-order valence-electron chi connectivity index (χ1n) is 5.53. The first-order valence-corrected chi connectivity index (χ1v) is 7.29. The summed E-state index contributed by atoms with van der Waals surface area (Å²) in [5, 5.41) is 4.97. The molecule has 94 valence electrons. The summed E-state index contributed by atoms with van der Waals surface area (Å²) in [4.78, 5) is 19.0. The van der Waals surface area contributed by atoms with E-state index in [-0.39, 0.29) is 5.91 Å². The molecular formula is C13H14N2OS2. The molecule has 1 amide bonds. The van der Waals surface area contributed by atoms with Crippen LogP contribution in [0, 0.1) is 6.92 Å². The minimum atomic E-state index is -0.00551. The Morgan fingerprint density at radius 1 is 1.50 bits per heavy atom. The second-order valence-electron chi connectivity index (χ2n) is 3.90. The Bertz CT molecular complexity index is 543. The van der Waals surface area contributed by atoms with Gasteiger partial charge in [-0.25, -0.2) is 4.98 Å². The number of nitrogens with zero attached hydrogens (tertiary/aromatic N) is 2. The molecule has 2 aromatic heterocycles. The van der Waals surface area contributed by atoms with Gasteiger partial charge in [0.05, 0.1) is 17.2 Å². The number of hydrogen-bond acceptors (Lipinski definition) is 4. The van der Waals surface area contributed by atoms with E-state index in [1.54, 1.807) is 46.8 Å². The number of aryl methyl sites for hydroxylation is 1. The van der Waals surface area contributed by atoms with E-state index in [2.05, 4.69) is 4.98 Å². The average Bonchev–Trinajstić information content (AvgIpc) is 2.97. The highest BCUT2D eigenvalue weighted by molar-refractivity contribution is 7.10. The van der Waals surface area contributed by atoms with Gasteiger partial charge in [0.1, 0.15) is 0 Å². The van der Waals surface area contributed by atoms with Crippen LogP contribution in [0.5, 0.6) is 0 Å². The molecule has 0 radical (unpaired) electrons. The maximum absolute atomic E-state index is 11.9. The van der Waals surface area contributed by atoms with Crippen LogP contribution in [-0.2, 0) is 11.3 Å². The lowest BCUT2D eigenvalue weighted by molar-refractivity contribution is -0.125. The van der Waals surface area contributed by atoms with Crippen LogP contribution in [0.25, 0.3) is 6.08 Å². The number of likely N-dealkylation sites (N-methyl/N-ethyl adjacent to an activating group) is 1. The smallest absolute Gasteiger partial charge is 0.246 e. The first-order chi connectivity index (χ1) is 8.65. The van der Waals surface area contributed by atoms with Crippen molar-refractivity contribution >= 4 is 34.7 Å². The van der Waals surface area contributed by atoms with Gasteiger partial charge in [0.15, 0.2) is 0 Å². The van der Waals surface area contributed by atoms with Crippen LogP contribution in [0.1, 0.15) is 15.6 Å². The van der Waals surface area contributed by atoms with Gasteiger partial charge >= 0.3 is 0 Å². The average molecular weight is 278 g/mol. The summed E-state index contributed by atoms with van der Waals surface area (Å²) in [7, 11) is 1.80. The summed E-state index contributed by atoms with van der Waals surface area (Å²) in [5.74, 6) is -0.00551. The largest absolute Gasteiger partial charge is 0.337 e. The number of rotatable bonds is 4. The molecule has 0 fully saturated rings. The molecule has 2 heterocycles. The lowest BCUT2D eigenvalue weighted by Crippen LogP contribution is -2.23. The van der Waals surface area contributed by atoms with Crippen molar-refractivity contribution in [3.8, 4) is 0 Å². The third-order valence-corrected chi connectivity index (χ3v) is 4.04. The Labute approximate surface area is 114 Å². The number of amides is 1. The number of aromatic nitrogens is 1. The lowest BCUT2D eigenvalue weighted by Gasteiger charge is -2.13. The van der Waals surface area contributed by atoms with Crippen LogP contribution in [0.4, 0.5) is 0 Å². The molecule has 0 spiro atoms. The van der Waals surface area contributed by atoms with Gasteiger partial charge in [-0.15, -0.1) is 22.7 Å². The fourth-order valence-corrected chi connectivity index (χ4v) is 2.79. The van der Waals surface area contributed by atoms with Crippen molar-refractivity contribution in [1.29, 1.82) is 0 Å². The minimum Gasteiger partial charge on any atom is -0.337 e. The second-order valence-corrected chi connectivity index (χ2v) is 5.99. The summed E-state index contributed by atoms with van der Waals surface area (Å²) in [5.41, 5.74) is 0.843. The molecule has 0 aromatic carbocycles. The van der Waals surface area contributed by atoms with Gasteiger partial charge in [-0.3, -0.25) is 4.79 Å². The van der Waals surface area contributed by atoms with E-state index in [1.165, 1.54) is 4.88 Å². The van der Waals surface area contributed by atoms with Crippen molar-refractivity contribution < 1.29 is 4.79 Å². The second kappa shape index (κ2) is 5.93. The van der Waals surface area contributed by atoms with Crippen LogP contribution in [0.3, 0.4) is 0 Å². The van der Waals surface area contributed by atoms with Crippen molar-refractivity contribution in [1.82, 2.24) is 9.88 Å². The van der Waals surface area contributed by atoms with E-state index in [1.807, 2.05) is 29.8 Å². The molecule has 0 saturated carbocycles. The molecule has 3 nitrogen and oxygen atoms in total. The molecule has 18 heavy (non-hydrogen) atoms. The van der Waals surface area contributed by atoms with Gasteiger partial charge in [0.25, 0.3) is 0 Å². The Hall–Kier alpha value is -1.46. The monoisotopic (exact) mass is 278 g/mol. The standard InChI is InChI=1S/C13H14N2OS2/c1-10-14-11(9-18-10)5-6-13(16)15(2)8-12-4-3-7-17-12/h3-7,9H,8H2,1-2H3/b6-5+. The molecule has 0 aliphatic heterocycles. The lowest BCUT2D eigenvalue weighted by atomic mass is 10.3. The zero-order chi connectivity index (χ0) is 13.0. The van der Waals surface area contributed by atoms with Gasteiger partial charge < -0.3 is 4.90 Å². The Balaban J connectivity index is 1.93. The zero-order valence-corrected chi connectivity index (χ0v) is 11.9. The van der Waals surface area contributed by atoms with E-state index in [4.69, 9.17) is 0 Å². The topological polar surface area (TPSA) is 33.2 Å². The summed E-state index contributed by atoms with van der Waals surface area (Å²) >= 11 is 3.24. The van der Waals surface area contributed by atoms with Gasteiger partial charge in [-0.05, 0) is 24.4 Å². The molecule has 0 saturated heterocycles. The molecule has 5 heteroatoms. The Morgan fingerprint density at radius 2 is 2.33 bits per heavy atom. The van der Waals surface area contributed by atoms with Gasteiger partial charge in [-0.2, -0.15) is 0 Å². The quantitative estimate of drug-likeness (QED) is 0.805. The SMILES string of the molecule is Cc1nc(/C=C/C(=O)N(C)Cc2cccs2)cs1. The Morgan fingerprint density at radius 3 is 2.94 bits per heavy atom. The van der Waals surface area contributed by atoms with Crippen LogP contribution in [0.15, 0.2) is 29.0 Å². The molecule has 2 rings (SSSR count). The van der Waals surface area contributed by atoms with Gasteiger partial charge in [0, 0.05) is 23.4 Å². The van der Waals surface area contributed by atoms with Crippen molar-refractivity contribution in [2.75, 3.05) is 7.05 Å². The number of carbonyl (C=O) groups is 1. The zero-order valence-electron chi connectivity index (χ0n) is 10.3. The third-order valence-electron chi connectivity index (χ3n) is 2.38. The van der Waals surface area contributed by atoms with E-state index in [0.29, 0.717) is 6.54 Å². The highest BCUT2D eigenvalue weighted by atomic mass is 32.1. The first kappa shape index (κ1) is 13.0. The van der Waals surface area contributed by atoms with Crippen molar-refractivity contribution in [2.24, 2.45) is 0 Å². The maximum atomic E-state index is 11.9. The van der Waals surface area contributed by atoms with E-state index < -0.39 is 0 Å². The van der Waals surface area contributed by atoms with Crippen LogP contribution in [0.2, 0.25) is 0 Å². The molecule has 0 atom stereocenters. The molecule has 0 unspecified atom stereocenters. The summed E-state index contributed by atoms with van der Waals surface area (Å²) in [6.45, 7) is 2.60. The predicted octanol–water partition coefficient (Wildman–Crippen LogP) is 3.18. The van der Waals surface area contributed by atoms with Gasteiger partial charge in [-0.1, -0.05) is 6.07 Å². The minimum absolute atomic E-state index is 0.00551. The van der Waals surface area contributed by atoms with Crippen molar-refractivity contribution in [3.63, 3.8) is 0 Å². The van der Waals surface area contributed by atoms with Crippen molar-refractivity contribution in [3.05, 3.63) is 44.5 Å². The third kappa shape index (κ3) is 3.51. The predicted molar refractivity (Wildman–Crippen MR) is 76.7 cm³/mol. The number of hydrogen-bond donors (Lipinski definition) is 0. The normalized spacial score (nSPS) is 11.0. The highest BCUT2D eigenvalue weighted by Crippen LogP contribution is 2.12. The van der Waals surface area contributed by atoms with Crippen molar-refractivity contribution in [2.45, 2.75) is 13.5 Å². The van der Waals surface area contributed by atoms with Crippen LogP contribution >= 0.6 is 22.7 Å². The van der Waals surface area contributed by atoms with Crippen LogP contribution in [-0.4, -0.2) is 22.8 Å². The molecule has 0 aliphatic carbocycles. The molecular weight excluding hydrogens is 264 g/mol. The van der Waals surface area contributed by atoms with E-state index >= 15 is 0 Å². The highest BCUT2D eigenvalue weighted by Gasteiger charge is 2.06. The summed E-state index contributed by atoms with van der Waals surface area (Å²) < 4.78 is 0. The Kier molecular flexibility index (Phi) is 4.28. The van der Waals surface area contributed by atoms with E-state index in [9.17, 15) is 4.79 Å². The molecule has 0 bridgehead atoms. The van der Waals surface area contributed by atoms with Crippen LogP contribution < -0.4 is 0 Å². The summed E-state index contributed by atoms with van der Waals surface area (Å²) in [6, 6.07) is 4.02. The molecule has 2 aromatic rings. The number of carbonyl (C=O) groups excluding carboxylic acids is 1.